The van der Waals surface area contributed by atoms with Gasteiger partial charge in [0.25, 0.3) is 0 Å². The Morgan fingerprint density at radius 3 is 2.15 bits per heavy atom. The Kier molecular flexibility index (Phi) is 5.78. The van der Waals surface area contributed by atoms with Crippen molar-refractivity contribution in [1.29, 1.82) is 0 Å². The van der Waals surface area contributed by atoms with E-state index in [0.717, 1.165) is 24.9 Å². The van der Waals surface area contributed by atoms with Gasteiger partial charge >= 0.3 is 0 Å². The van der Waals surface area contributed by atoms with E-state index in [1.807, 2.05) is 43.4 Å². The van der Waals surface area contributed by atoms with E-state index in [1.54, 1.807) is 0 Å². The van der Waals surface area contributed by atoms with Crippen molar-refractivity contribution in [3.8, 4) is 0 Å². The number of aliphatic hydroxyl groups is 1. The highest BCUT2D eigenvalue weighted by molar-refractivity contribution is 5.19. The van der Waals surface area contributed by atoms with Crippen LogP contribution >= 0.6 is 0 Å². The fourth-order valence-corrected chi connectivity index (χ4v) is 2.55. The summed E-state index contributed by atoms with van der Waals surface area (Å²) in [5.41, 5.74) is 2.33. The smallest absolute Gasteiger partial charge is 0.0830 e. The quantitative estimate of drug-likeness (QED) is 0.809. The highest BCUT2D eigenvalue weighted by atomic mass is 16.3. The lowest BCUT2D eigenvalue weighted by molar-refractivity contribution is 0.103. The van der Waals surface area contributed by atoms with E-state index in [2.05, 4.69) is 29.6 Å². The summed E-state index contributed by atoms with van der Waals surface area (Å²) >= 11 is 0. The van der Waals surface area contributed by atoms with Crippen molar-refractivity contribution in [3.63, 3.8) is 0 Å². The largest absolute Gasteiger partial charge is 0.388 e. The molecule has 0 heterocycles. The molecule has 2 aromatic carbocycles. The van der Waals surface area contributed by atoms with Crippen LogP contribution in [0.1, 0.15) is 23.7 Å². The molecule has 0 radical (unpaired) electrons. The molecule has 0 saturated carbocycles. The normalized spacial score (nSPS) is 13.9. The second-order valence-electron chi connectivity index (χ2n) is 5.20. The summed E-state index contributed by atoms with van der Waals surface area (Å²) in [4.78, 5) is 0. The van der Waals surface area contributed by atoms with Crippen LogP contribution in [0.5, 0.6) is 0 Å². The molecule has 0 aliphatic rings. The SMILES string of the molecule is CNC[C@@H](CCc1ccccc1)C(O)c1ccccc1. The van der Waals surface area contributed by atoms with Crippen LogP contribution in [0.15, 0.2) is 60.7 Å². The first-order valence-electron chi connectivity index (χ1n) is 7.23. The number of hydrogen-bond donors (Lipinski definition) is 2. The number of rotatable bonds is 7. The molecule has 0 aliphatic carbocycles. The van der Waals surface area contributed by atoms with Gasteiger partial charge in [-0.15, -0.1) is 0 Å². The third-order valence-electron chi connectivity index (χ3n) is 3.70. The van der Waals surface area contributed by atoms with Gasteiger partial charge in [0.05, 0.1) is 6.10 Å². The van der Waals surface area contributed by atoms with Crippen molar-refractivity contribution in [2.75, 3.05) is 13.6 Å². The minimum absolute atomic E-state index is 0.225. The summed E-state index contributed by atoms with van der Waals surface area (Å²) in [5.74, 6) is 0.225. The topological polar surface area (TPSA) is 32.3 Å². The van der Waals surface area contributed by atoms with Gasteiger partial charge in [-0.1, -0.05) is 60.7 Å². The van der Waals surface area contributed by atoms with Crippen LogP contribution in [-0.2, 0) is 6.42 Å². The van der Waals surface area contributed by atoms with Crippen molar-refractivity contribution in [2.24, 2.45) is 5.92 Å². The van der Waals surface area contributed by atoms with Crippen LogP contribution in [-0.4, -0.2) is 18.7 Å². The molecule has 2 aromatic rings. The van der Waals surface area contributed by atoms with E-state index in [-0.39, 0.29) is 5.92 Å². The average molecular weight is 269 g/mol. The third-order valence-corrected chi connectivity index (χ3v) is 3.70. The predicted molar refractivity (Wildman–Crippen MR) is 83.6 cm³/mol. The van der Waals surface area contributed by atoms with Crippen molar-refractivity contribution in [1.82, 2.24) is 5.32 Å². The molecule has 2 rings (SSSR count). The van der Waals surface area contributed by atoms with Crippen molar-refractivity contribution in [3.05, 3.63) is 71.8 Å². The lowest BCUT2D eigenvalue weighted by atomic mass is 9.90. The van der Waals surface area contributed by atoms with E-state index in [9.17, 15) is 5.11 Å². The van der Waals surface area contributed by atoms with Crippen molar-refractivity contribution >= 4 is 0 Å². The fourth-order valence-electron chi connectivity index (χ4n) is 2.55. The molecule has 0 saturated heterocycles. The molecule has 2 nitrogen and oxygen atoms in total. The molecule has 106 valence electrons. The first-order valence-corrected chi connectivity index (χ1v) is 7.23. The molecule has 0 bridgehead atoms. The number of benzene rings is 2. The summed E-state index contributed by atoms with van der Waals surface area (Å²) in [6, 6.07) is 20.4. The van der Waals surface area contributed by atoms with Crippen LogP contribution in [0.3, 0.4) is 0 Å². The number of nitrogens with one attached hydrogen (secondary N) is 1. The molecule has 2 heteroatoms. The van der Waals surface area contributed by atoms with Crippen LogP contribution in [0.4, 0.5) is 0 Å². The molecule has 0 aliphatic heterocycles. The zero-order chi connectivity index (χ0) is 14.2. The monoisotopic (exact) mass is 269 g/mol. The maximum absolute atomic E-state index is 10.5. The zero-order valence-electron chi connectivity index (χ0n) is 12.0. The van der Waals surface area contributed by atoms with Gasteiger partial charge in [0, 0.05) is 12.5 Å². The Morgan fingerprint density at radius 2 is 1.55 bits per heavy atom. The molecule has 1 unspecified atom stereocenters. The molecular weight excluding hydrogens is 246 g/mol. The lowest BCUT2D eigenvalue weighted by Crippen LogP contribution is -2.25. The van der Waals surface area contributed by atoms with Gasteiger partial charge in [0.1, 0.15) is 0 Å². The van der Waals surface area contributed by atoms with Gasteiger partial charge in [0.15, 0.2) is 0 Å². The van der Waals surface area contributed by atoms with Gasteiger partial charge in [-0.2, -0.15) is 0 Å². The Labute approximate surface area is 121 Å². The number of aliphatic hydroxyl groups excluding tert-OH is 1. The van der Waals surface area contributed by atoms with E-state index in [1.165, 1.54) is 5.56 Å². The second-order valence-corrected chi connectivity index (χ2v) is 5.20. The van der Waals surface area contributed by atoms with Crippen LogP contribution in [0.2, 0.25) is 0 Å². The molecule has 20 heavy (non-hydrogen) atoms. The van der Waals surface area contributed by atoms with Crippen LogP contribution < -0.4 is 5.32 Å². The summed E-state index contributed by atoms with van der Waals surface area (Å²) in [7, 11) is 1.94. The van der Waals surface area contributed by atoms with Gasteiger partial charge < -0.3 is 10.4 Å². The summed E-state index contributed by atoms with van der Waals surface area (Å²) in [5, 5.41) is 13.7. The van der Waals surface area contributed by atoms with Gasteiger partial charge in [-0.05, 0) is 31.0 Å². The Balaban J connectivity index is 1.99. The van der Waals surface area contributed by atoms with E-state index < -0.39 is 6.10 Å². The van der Waals surface area contributed by atoms with Crippen LogP contribution in [0, 0.1) is 5.92 Å². The maximum Gasteiger partial charge on any atom is 0.0830 e. The molecule has 0 aromatic heterocycles. The minimum Gasteiger partial charge on any atom is -0.388 e. The van der Waals surface area contributed by atoms with E-state index in [4.69, 9.17) is 0 Å². The standard InChI is InChI=1S/C18H23NO/c1-19-14-17(13-12-15-8-4-2-5-9-15)18(20)16-10-6-3-7-11-16/h2-11,17-20H,12-14H2,1H3/t17-,18?/m1/s1. The Morgan fingerprint density at radius 1 is 0.950 bits per heavy atom. The first-order chi connectivity index (χ1) is 9.81. The molecular formula is C18H23NO. The van der Waals surface area contributed by atoms with E-state index in [0.29, 0.717) is 0 Å². The second kappa shape index (κ2) is 7.83. The van der Waals surface area contributed by atoms with Gasteiger partial charge in [-0.3, -0.25) is 0 Å². The highest BCUT2D eigenvalue weighted by Crippen LogP contribution is 2.25. The third kappa shape index (κ3) is 4.19. The Hall–Kier alpha value is -1.64. The van der Waals surface area contributed by atoms with Crippen molar-refractivity contribution < 1.29 is 5.11 Å². The summed E-state index contributed by atoms with van der Waals surface area (Å²) < 4.78 is 0. The molecule has 0 fully saturated rings. The van der Waals surface area contributed by atoms with Gasteiger partial charge in [0.2, 0.25) is 0 Å². The fraction of sp³-hybridized carbons (Fsp3) is 0.333. The average Bonchev–Trinajstić information content (AvgIpc) is 2.52. The Bertz CT molecular complexity index is 483. The lowest BCUT2D eigenvalue weighted by Gasteiger charge is -2.23. The first kappa shape index (κ1) is 14.8. The number of aryl methyl sites for hydroxylation is 1. The minimum atomic E-state index is -0.410. The zero-order valence-corrected chi connectivity index (χ0v) is 12.0. The van der Waals surface area contributed by atoms with E-state index >= 15 is 0 Å². The van der Waals surface area contributed by atoms with Gasteiger partial charge in [-0.25, -0.2) is 0 Å². The summed E-state index contributed by atoms with van der Waals surface area (Å²) in [6.07, 6.45) is 1.56. The molecule has 0 amide bonds. The molecule has 0 spiro atoms. The maximum atomic E-state index is 10.5. The highest BCUT2D eigenvalue weighted by Gasteiger charge is 2.19. The molecule has 2 N–H and O–H groups in total. The van der Waals surface area contributed by atoms with Crippen LogP contribution in [0.25, 0.3) is 0 Å². The molecule has 2 atom stereocenters. The number of hydrogen-bond acceptors (Lipinski definition) is 2. The van der Waals surface area contributed by atoms with Crippen molar-refractivity contribution in [2.45, 2.75) is 18.9 Å². The predicted octanol–water partition coefficient (Wildman–Crippen LogP) is 3.19. The summed E-state index contributed by atoms with van der Waals surface area (Å²) in [6.45, 7) is 0.822.